The minimum atomic E-state index is -0.199. The molecule has 0 radical (unpaired) electrons. The molecule has 3 heteroatoms. The average Bonchev–Trinajstić information content (AvgIpc) is 2.67. The van der Waals surface area contributed by atoms with Crippen molar-refractivity contribution in [3.05, 3.63) is 35.9 Å². The first-order valence-corrected chi connectivity index (χ1v) is 4.80. The Kier molecular flexibility index (Phi) is 3.14. The SMILES string of the molecule is OC[C@@H]1CO[C@@H](Cc2ccccc2)O1. The van der Waals surface area contributed by atoms with Gasteiger partial charge in [0.05, 0.1) is 13.2 Å². The van der Waals surface area contributed by atoms with Crippen LogP contribution in [0.5, 0.6) is 0 Å². The maximum atomic E-state index is 8.84. The van der Waals surface area contributed by atoms with Gasteiger partial charge in [-0.25, -0.2) is 0 Å². The van der Waals surface area contributed by atoms with E-state index in [1.54, 1.807) is 0 Å². The van der Waals surface area contributed by atoms with Crippen LogP contribution >= 0.6 is 0 Å². The summed E-state index contributed by atoms with van der Waals surface area (Å²) in [6.45, 7) is 0.527. The molecule has 1 aromatic carbocycles. The van der Waals surface area contributed by atoms with Gasteiger partial charge in [0.15, 0.2) is 6.29 Å². The van der Waals surface area contributed by atoms with Crippen molar-refractivity contribution >= 4 is 0 Å². The monoisotopic (exact) mass is 194 g/mol. The second-order valence-electron chi connectivity index (χ2n) is 3.39. The zero-order chi connectivity index (χ0) is 9.80. The van der Waals surface area contributed by atoms with Gasteiger partial charge in [0, 0.05) is 6.42 Å². The molecule has 0 aromatic heterocycles. The van der Waals surface area contributed by atoms with Crippen LogP contribution < -0.4 is 0 Å². The van der Waals surface area contributed by atoms with Crippen molar-refractivity contribution in [3.63, 3.8) is 0 Å². The first kappa shape index (κ1) is 9.65. The molecule has 2 atom stereocenters. The molecule has 0 unspecified atom stereocenters. The fourth-order valence-electron chi connectivity index (χ4n) is 1.52. The lowest BCUT2D eigenvalue weighted by atomic mass is 10.1. The number of benzene rings is 1. The highest BCUT2D eigenvalue weighted by Crippen LogP contribution is 2.15. The summed E-state index contributed by atoms with van der Waals surface area (Å²) in [7, 11) is 0. The fraction of sp³-hybridized carbons (Fsp3) is 0.455. The van der Waals surface area contributed by atoms with Crippen LogP contribution in [0.1, 0.15) is 5.56 Å². The van der Waals surface area contributed by atoms with Crippen LogP contribution in [-0.2, 0) is 15.9 Å². The van der Waals surface area contributed by atoms with E-state index >= 15 is 0 Å². The van der Waals surface area contributed by atoms with Gasteiger partial charge in [0.1, 0.15) is 6.10 Å². The number of ether oxygens (including phenoxy) is 2. The van der Waals surface area contributed by atoms with Gasteiger partial charge in [-0.05, 0) is 5.56 Å². The van der Waals surface area contributed by atoms with E-state index in [4.69, 9.17) is 14.6 Å². The van der Waals surface area contributed by atoms with E-state index in [-0.39, 0.29) is 19.0 Å². The molecule has 0 bridgehead atoms. The van der Waals surface area contributed by atoms with Crippen LogP contribution in [0, 0.1) is 0 Å². The average molecular weight is 194 g/mol. The van der Waals surface area contributed by atoms with Crippen molar-refractivity contribution in [2.24, 2.45) is 0 Å². The van der Waals surface area contributed by atoms with E-state index in [0.717, 1.165) is 6.42 Å². The Balaban J connectivity index is 1.88. The summed E-state index contributed by atoms with van der Waals surface area (Å²) in [5, 5.41) is 8.84. The lowest BCUT2D eigenvalue weighted by Gasteiger charge is -2.09. The van der Waals surface area contributed by atoms with E-state index in [1.807, 2.05) is 30.3 Å². The lowest BCUT2D eigenvalue weighted by molar-refractivity contribution is -0.0632. The van der Waals surface area contributed by atoms with Crippen molar-refractivity contribution in [1.82, 2.24) is 0 Å². The number of rotatable bonds is 3. The van der Waals surface area contributed by atoms with Gasteiger partial charge in [0.2, 0.25) is 0 Å². The third-order valence-electron chi connectivity index (χ3n) is 2.26. The molecule has 3 nitrogen and oxygen atoms in total. The van der Waals surface area contributed by atoms with Crippen LogP contribution in [0.4, 0.5) is 0 Å². The van der Waals surface area contributed by atoms with E-state index in [0.29, 0.717) is 6.61 Å². The Labute approximate surface area is 83.3 Å². The maximum Gasteiger partial charge on any atom is 0.162 e. The number of aliphatic hydroxyl groups is 1. The van der Waals surface area contributed by atoms with Gasteiger partial charge in [-0.2, -0.15) is 0 Å². The van der Waals surface area contributed by atoms with Gasteiger partial charge in [-0.15, -0.1) is 0 Å². The first-order valence-electron chi connectivity index (χ1n) is 4.80. The van der Waals surface area contributed by atoms with Crippen molar-refractivity contribution in [1.29, 1.82) is 0 Å². The molecule has 1 N–H and O–H groups in total. The second kappa shape index (κ2) is 4.55. The molecule has 76 valence electrons. The summed E-state index contributed by atoms with van der Waals surface area (Å²) in [6, 6.07) is 10.1. The summed E-state index contributed by atoms with van der Waals surface area (Å²) >= 11 is 0. The largest absolute Gasteiger partial charge is 0.394 e. The molecule has 1 heterocycles. The lowest BCUT2D eigenvalue weighted by Crippen LogP contribution is -2.17. The van der Waals surface area contributed by atoms with E-state index in [1.165, 1.54) is 5.56 Å². The highest BCUT2D eigenvalue weighted by molar-refractivity contribution is 5.15. The van der Waals surface area contributed by atoms with Gasteiger partial charge in [-0.1, -0.05) is 30.3 Å². The van der Waals surface area contributed by atoms with Crippen LogP contribution in [0.2, 0.25) is 0 Å². The molecule has 0 saturated carbocycles. The van der Waals surface area contributed by atoms with Gasteiger partial charge in [-0.3, -0.25) is 0 Å². The van der Waals surface area contributed by atoms with E-state index in [9.17, 15) is 0 Å². The van der Waals surface area contributed by atoms with Crippen molar-refractivity contribution < 1.29 is 14.6 Å². The van der Waals surface area contributed by atoms with Crippen LogP contribution in [-0.4, -0.2) is 30.7 Å². The van der Waals surface area contributed by atoms with E-state index < -0.39 is 0 Å². The molecule has 1 saturated heterocycles. The van der Waals surface area contributed by atoms with Gasteiger partial charge < -0.3 is 14.6 Å². The smallest absolute Gasteiger partial charge is 0.162 e. The Bertz CT molecular complexity index is 273. The number of hydrogen-bond donors (Lipinski definition) is 1. The highest BCUT2D eigenvalue weighted by atomic mass is 16.7. The predicted molar refractivity (Wildman–Crippen MR) is 51.8 cm³/mol. The minimum absolute atomic E-state index is 0.0330. The van der Waals surface area contributed by atoms with E-state index in [2.05, 4.69) is 0 Å². The highest BCUT2D eigenvalue weighted by Gasteiger charge is 2.25. The quantitative estimate of drug-likeness (QED) is 0.779. The standard InChI is InChI=1S/C11H14O3/c12-7-10-8-13-11(14-10)6-9-4-2-1-3-5-9/h1-5,10-12H,6-8H2/t10-,11-/m1/s1. The third kappa shape index (κ3) is 2.32. The Morgan fingerprint density at radius 1 is 1.29 bits per heavy atom. The molecular formula is C11H14O3. The van der Waals surface area contributed by atoms with Crippen LogP contribution in [0.3, 0.4) is 0 Å². The van der Waals surface area contributed by atoms with Gasteiger partial charge >= 0.3 is 0 Å². The first-order chi connectivity index (χ1) is 6.88. The number of hydrogen-bond acceptors (Lipinski definition) is 3. The summed E-state index contributed by atoms with van der Waals surface area (Å²) in [6.07, 6.45) is 0.399. The molecule has 1 aliphatic rings. The van der Waals surface area contributed by atoms with Crippen LogP contribution in [0.25, 0.3) is 0 Å². The van der Waals surface area contributed by atoms with Crippen molar-refractivity contribution in [2.75, 3.05) is 13.2 Å². The summed E-state index contributed by atoms with van der Waals surface area (Å²) < 4.78 is 10.8. The summed E-state index contributed by atoms with van der Waals surface area (Å²) in [5.41, 5.74) is 1.19. The van der Waals surface area contributed by atoms with Crippen molar-refractivity contribution in [3.8, 4) is 0 Å². The summed E-state index contributed by atoms with van der Waals surface area (Å²) in [4.78, 5) is 0. The Morgan fingerprint density at radius 3 is 2.71 bits per heavy atom. The third-order valence-corrected chi connectivity index (χ3v) is 2.26. The molecule has 2 rings (SSSR count). The molecule has 0 aliphatic carbocycles. The molecule has 1 fully saturated rings. The molecule has 1 aromatic rings. The fourth-order valence-corrected chi connectivity index (χ4v) is 1.52. The molecule has 0 amide bonds. The molecular weight excluding hydrogens is 180 g/mol. The summed E-state index contributed by atoms with van der Waals surface area (Å²) in [5.74, 6) is 0. The van der Waals surface area contributed by atoms with Crippen LogP contribution in [0.15, 0.2) is 30.3 Å². The normalized spacial score (nSPS) is 26.6. The maximum absolute atomic E-state index is 8.84. The molecule has 0 spiro atoms. The molecule has 1 aliphatic heterocycles. The zero-order valence-electron chi connectivity index (χ0n) is 7.93. The number of aliphatic hydroxyl groups excluding tert-OH is 1. The zero-order valence-corrected chi connectivity index (χ0v) is 7.93. The topological polar surface area (TPSA) is 38.7 Å². The molecule has 14 heavy (non-hydrogen) atoms. The minimum Gasteiger partial charge on any atom is -0.394 e. The second-order valence-corrected chi connectivity index (χ2v) is 3.39. The predicted octanol–water partition coefficient (Wildman–Crippen LogP) is 0.963. The Hall–Kier alpha value is -0.900. The van der Waals surface area contributed by atoms with Gasteiger partial charge in [0.25, 0.3) is 0 Å². The van der Waals surface area contributed by atoms with Crippen molar-refractivity contribution in [2.45, 2.75) is 18.8 Å². The Morgan fingerprint density at radius 2 is 2.07 bits per heavy atom.